The molecule has 2 aromatic rings. The average molecular weight is 373 g/mol. The largest absolute Gasteiger partial charge is 0.493 e. The molecule has 1 N–H and O–H groups in total. The Morgan fingerprint density at radius 1 is 1.12 bits per heavy atom. The number of hydrogen-bond acceptors (Lipinski definition) is 5. The van der Waals surface area contributed by atoms with E-state index in [-0.39, 0.29) is 12.5 Å². The van der Waals surface area contributed by atoms with Gasteiger partial charge in [-0.25, -0.2) is 4.79 Å². The van der Waals surface area contributed by atoms with Crippen molar-refractivity contribution < 1.29 is 19.1 Å². The third-order valence-corrected chi connectivity index (χ3v) is 4.16. The minimum absolute atomic E-state index is 0.349. The number of thioether (sulfide) groups is 1. The molecule has 2 rings (SSSR count). The molecule has 0 bridgehead atoms. The van der Waals surface area contributed by atoms with Crippen LogP contribution in [0.1, 0.15) is 24.2 Å². The molecule has 26 heavy (non-hydrogen) atoms. The Balaban J connectivity index is 1.89. The van der Waals surface area contributed by atoms with Gasteiger partial charge in [-0.1, -0.05) is 32.0 Å². The SMILES string of the molecule is CSc1ccccc1NC(=O)COC(=O)c1cccc(OCC(C)C)c1. The second kappa shape index (κ2) is 9.87. The average Bonchev–Trinajstić information content (AvgIpc) is 2.65. The Hall–Kier alpha value is -2.47. The molecule has 0 fully saturated rings. The number of hydrogen-bond donors (Lipinski definition) is 1. The summed E-state index contributed by atoms with van der Waals surface area (Å²) >= 11 is 1.53. The zero-order valence-corrected chi connectivity index (χ0v) is 16.0. The summed E-state index contributed by atoms with van der Waals surface area (Å²) in [5.41, 5.74) is 1.05. The van der Waals surface area contributed by atoms with Gasteiger partial charge in [0.15, 0.2) is 6.61 Å². The Bertz CT molecular complexity index is 761. The summed E-state index contributed by atoms with van der Waals surface area (Å²) in [5.74, 6) is 0.0466. The van der Waals surface area contributed by atoms with Crippen molar-refractivity contribution in [2.45, 2.75) is 18.7 Å². The van der Waals surface area contributed by atoms with Crippen LogP contribution in [0.5, 0.6) is 5.75 Å². The number of esters is 1. The Morgan fingerprint density at radius 2 is 1.88 bits per heavy atom. The van der Waals surface area contributed by atoms with E-state index >= 15 is 0 Å². The lowest BCUT2D eigenvalue weighted by atomic mass is 10.2. The first-order chi connectivity index (χ1) is 12.5. The molecule has 6 heteroatoms. The first-order valence-corrected chi connectivity index (χ1v) is 9.55. The normalized spacial score (nSPS) is 10.5. The molecule has 0 aromatic heterocycles. The molecule has 5 nitrogen and oxygen atoms in total. The maximum Gasteiger partial charge on any atom is 0.338 e. The highest BCUT2D eigenvalue weighted by atomic mass is 32.2. The third kappa shape index (κ3) is 6.11. The summed E-state index contributed by atoms with van der Waals surface area (Å²) in [6.45, 7) is 4.31. The van der Waals surface area contributed by atoms with E-state index < -0.39 is 5.97 Å². The Morgan fingerprint density at radius 3 is 2.62 bits per heavy atom. The second-order valence-corrected chi connectivity index (χ2v) is 6.91. The number of benzene rings is 2. The van der Waals surface area contributed by atoms with Crippen LogP contribution in [0.3, 0.4) is 0 Å². The van der Waals surface area contributed by atoms with Gasteiger partial charge in [0.25, 0.3) is 5.91 Å². The third-order valence-electron chi connectivity index (χ3n) is 3.37. The number of carbonyl (C=O) groups excluding carboxylic acids is 2. The molecule has 0 saturated heterocycles. The lowest BCUT2D eigenvalue weighted by molar-refractivity contribution is -0.119. The standard InChI is InChI=1S/C20H23NO4S/c1-14(2)12-24-16-8-6-7-15(11-16)20(23)25-13-19(22)21-17-9-4-5-10-18(17)26-3/h4-11,14H,12-13H2,1-3H3,(H,21,22). The number of para-hydroxylation sites is 1. The molecule has 0 spiro atoms. The molecular weight excluding hydrogens is 350 g/mol. The minimum atomic E-state index is -0.562. The quantitative estimate of drug-likeness (QED) is 0.554. The molecule has 138 valence electrons. The lowest BCUT2D eigenvalue weighted by Crippen LogP contribution is -2.21. The molecule has 0 aliphatic carbocycles. The fraction of sp³-hybridized carbons (Fsp3) is 0.300. The summed E-state index contributed by atoms with van der Waals surface area (Å²) in [7, 11) is 0. The maximum absolute atomic E-state index is 12.2. The van der Waals surface area contributed by atoms with Crippen LogP contribution in [-0.4, -0.2) is 31.3 Å². The van der Waals surface area contributed by atoms with Crippen LogP contribution in [0, 0.1) is 5.92 Å². The van der Waals surface area contributed by atoms with Crippen molar-refractivity contribution in [3.8, 4) is 5.75 Å². The van der Waals surface area contributed by atoms with Gasteiger partial charge in [0.05, 0.1) is 17.9 Å². The zero-order chi connectivity index (χ0) is 18.9. The summed E-state index contributed by atoms with van der Waals surface area (Å²) < 4.78 is 10.7. The highest BCUT2D eigenvalue weighted by Crippen LogP contribution is 2.24. The minimum Gasteiger partial charge on any atom is -0.493 e. The number of carbonyl (C=O) groups is 2. The molecule has 0 atom stereocenters. The highest BCUT2D eigenvalue weighted by molar-refractivity contribution is 7.98. The van der Waals surface area contributed by atoms with E-state index in [4.69, 9.17) is 9.47 Å². The van der Waals surface area contributed by atoms with Gasteiger partial charge >= 0.3 is 5.97 Å². The van der Waals surface area contributed by atoms with Gasteiger partial charge in [0.2, 0.25) is 0 Å². The van der Waals surface area contributed by atoms with Crippen molar-refractivity contribution in [2.75, 3.05) is 24.8 Å². The van der Waals surface area contributed by atoms with Crippen LogP contribution in [0.15, 0.2) is 53.4 Å². The van der Waals surface area contributed by atoms with Gasteiger partial charge in [-0.15, -0.1) is 11.8 Å². The van der Waals surface area contributed by atoms with Gasteiger partial charge < -0.3 is 14.8 Å². The fourth-order valence-electron chi connectivity index (χ4n) is 2.12. The monoisotopic (exact) mass is 373 g/mol. The molecular formula is C20H23NO4S. The van der Waals surface area contributed by atoms with Crippen molar-refractivity contribution in [1.29, 1.82) is 0 Å². The summed E-state index contributed by atoms with van der Waals surface area (Å²) in [4.78, 5) is 25.1. The van der Waals surface area contributed by atoms with Crippen molar-refractivity contribution in [3.63, 3.8) is 0 Å². The van der Waals surface area contributed by atoms with Gasteiger partial charge in [0.1, 0.15) is 5.75 Å². The number of amides is 1. The van der Waals surface area contributed by atoms with E-state index in [1.54, 1.807) is 30.3 Å². The zero-order valence-electron chi connectivity index (χ0n) is 15.2. The molecule has 0 unspecified atom stereocenters. The molecule has 2 aromatic carbocycles. The molecule has 0 heterocycles. The Kier molecular flexibility index (Phi) is 7.53. The summed E-state index contributed by atoms with van der Waals surface area (Å²) in [6.07, 6.45) is 1.93. The predicted octanol–water partition coefficient (Wildman–Crippen LogP) is 4.24. The van der Waals surface area contributed by atoms with Gasteiger partial charge in [-0.3, -0.25) is 4.79 Å². The van der Waals surface area contributed by atoms with Gasteiger partial charge in [-0.05, 0) is 42.5 Å². The van der Waals surface area contributed by atoms with Crippen LogP contribution in [-0.2, 0) is 9.53 Å². The van der Waals surface area contributed by atoms with E-state index in [1.807, 2.05) is 38.3 Å². The van der Waals surface area contributed by atoms with E-state index in [0.29, 0.717) is 29.5 Å². The van der Waals surface area contributed by atoms with Crippen molar-refractivity contribution in [3.05, 3.63) is 54.1 Å². The number of rotatable bonds is 8. The summed E-state index contributed by atoms with van der Waals surface area (Å²) in [5, 5.41) is 2.75. The number of nitrogens with one attached hydrogen (secondary N) is 1. The van der Waals surface area contributed by atoms with Gasteiger partial charge in [0, 0.05) is 4.90 Å². The molecule has 1 amide bonds. The summed E-state index contributed by atoms with van der Waals surface area (Å²) in [6, 6.07) is 14.2. The molecule has 0 saturated carbocycles. The van der Waals surface area contributed by atoms with Crippen LogP contribution < -0.4 is 10.1 Å². The number of anilines is 1. The van der Waals surface area contributed by atoms with Crippen LogP contribution in [0.4, 0.5) is 5.69 Å². The van der Waals surface area contributed by atoms with Crippen molar-refractivity contribution in [2.24, 2.45) is 5.92 Å². The van der Waals surface area contributed by atoms with Gasteiger partial charge in [-0.2, -0.15) is 0 Å². The van der Waals surface area contributed by atoms with Crippen LogP contribution in [0.25, 0.3) is 0 Å². The van der Waals surface area contributed by atoms with Crippen LogP contribution in [0.2, 0.25) is 0 Å². The van der Waals surface area contributed by atoms with E-state index in [0.717, 1.165) is 4.90 Å². The van der Waals surface area contributed by atoms with Crippen molar-refractivity contribution >= 4 is 29.3 Å². The van der Waals surface area contributed by atoms with E-state index in [2.05, 4.69) is 5.32 Å². The first kappa shape index (κ1) is 19.8. The highest BCUT2D eigenvalue weighted by Gasteiger charge is 2.12. The topological polar surface area (TPSA) is 64.6 Å². The molecule has 0 aliphatic rings. The predicted molar refractivity (Wildman–Crippen MR) is 104 cm³/mol. The smallest absolute Gasteiger partial charge is 0.338 e. The lowest BCUT2D eigenvalue weighted by Gasteiger charge is -2.11. The molecule has 0 aliphatic heterocycles. The maximum atomic E-state index is 12.2. The second-order valence-electron chi connectivity index (χ2n) is 6.06. The fourth-order valence-corrected chi connectivity index (χ4v) is 2.68. The first-order valence-electron chi connectivity index (χ1n) is 8.32. The number of ether oxygens (including phenoxy) is 2. The van der Waals surface area contributed by atoms with Crippen molar-refractivity contribution in [1.82, 2.24) is 0 Å². The van der Waals surface area contributed by atoms with Crippen LogP contribution >= 0.6 is 11.8 Å². The molecule has 0 radical (unpaired) electrons. The Labute approximate surface area is 158 Å². The van der Waals surface area contributed by atoms with E-state index in [1.165, 1.54) is 11.8 Å². The van der Waals surface area contributed by atoms with E-state index in [9.17, 15) is 9.59 Å².